The lowest BCUT2D eigenvalue weighted by Crippen LogP contribution is -2.34. The van der Waals surface area contributed by atoms with E-state index in [1.807, 2.05) is 36.4 Å². The predicted octanol–water partition coefficient (Wildman–Crippen LogP) is 3.78. The Kier molecular flexibility index (Phi) is 5.13. The summed E-state index contributed by atoms with van der Waals surface area (Å²) in [7, 11) is 3.32. The topological polar surface area (TPSA) is 89.3 Å². The first-order valence-electron chi connectivity index (χ1n) is 10.1. The maximum Gasteiger partial charge on any atom is 0.244 e. The first-order valence-corrected chi connectivity index (χ1v) is 10.1. The molecule has 0 unspecified atom stereocenters. The van der Waals surface area contributed by atoms with E-state index in [1.54, 1.807) is 20.5 Å². The van der Waals surface area contributed by atoms with Gasteiger partial charge >= 0.3 is 0 Å². The molecule has 4 aromatic rings. The Balaban J connectivity index is 1.42. The minimum absolute atomic E-state index is 0.0580. The first-order chi connectivity index (χ1) is 15.2. The monoisotopic (exact) mass is 417 g/mol. The summed E-state index contributed by atoms with van der Waals surface area (Å²) >= 11 is 0. The molecular formula is C23H23N5O3. The van der Waals surface area contributed by atoms with Crippen molar-refractivity contribution in [3.05, 3.63) is 77.7 Å². The summed E-state index contributed by atoms with van der Waals surface area (Å²) in [6, 6.07) is 15.7. The number of aromatic amines is 1. The zero-order chi connectivity index (χ0) is 21.2. The summed E-state index contributed by atoms with van der Waals surface area (Å²) in [5.41, 5.74) is 4.23. The van der Waals surface area contributed by atoms with Crippen LogP contribution in [0.15, 0.2) is 59.4 Å². The van der Waals surface area contributed by atoms with Crippen molar-refractivity contribution in [3.8, 4) is 22.9 Å². The predicted molar refractivity (Wildman–Crippen MR) is 114 cm³/mol. The molecule has 0 saturated carbocycles. The SMILES string of the molecule is COc1ccc(CN2Cc3[nH]cnc3C[C@H]2c2nc(-c3ccc(OC)cc3)no2)cc1. The smallest absolute Gasteiger partial charge is 0.244 e. The van der Waals surface area contributed by atoms with Crippen LogP contribution in [-0.4, -0.2) is 39.2 Å². The Morgan fingerprint density at radius 1 is 1.03 bits per heavy atom. The third kappa shape index (κ3) is 3.89. The number of benzene rings is 2. The normalized spacial score (nSPS) is 16.1. The van der Waals surface area contributed by atoms with E-state index in [-0.39, 0.29) is 6.04 Å². The molecule has 0 aliphatic carbocycles. The Bertz CT molecular complexity index is 1150. The number of ether oxygens (including phenoxy) is 2. The molecule has 31 heavy (non-hydrogen) atoms. The highest BCUT2D eigenvalue weighted by Gasteiger charge is 2.33. The minimum Gasteiger partial charge on any atom is -0.497 e. The minimum atomic E-state index is -0.0580. The summed E-state index contributed by atoms with van der Waals surface area (Å²) in [5, 5.41) is 4.23. The first kappa shape index (κ1) is 19.3. The van der Waals surface area contributed by atoms with E-state index in [9.17, 15) is 0 Å². The van der Waals surface area contributed by atoms with Crippen LogP contribution in [0.4, 0.5) is 0 Å². The quantitative estimate of drug-likeness (QED) is 0.511. The molecule has 1 N–H and O–H groups in total. The van der Waals surface area contributed by atoms with Crippen molar-refractivity contribution >= 4 is 0 Å². The molecule has 0 bridgehead atoms. The van der Waals surface area contributed by atoms with Crippen molar-refractivity contribution in [2.24, 2.45) is 0 Å². The number of hydrogen-bond donors (Lipinski definition) is 1. The third-order valence-electron chi connectivity index (χ3n) is 5.62. The van der Waals surface area contributed by atoms with Gasteiger partial charge in [0.05, 0.1) is 38.0 Å². The maximum absolute atomic E-state index is 5.72. The molecule has 3 heterocycles. The Labute approximate surface area is 179 Å². The molecule has 1 atom stereocenters. The van der Waals surface area contributed by atoms with Gasteiger partial charge < -0.3 is 19.0 Å². The van der Waals surface area contributed by atoms with E-state index in [0.29, 0.717) is 18.1 Å². The number of nitrogens with one attached hydrogen (secondary N) is 1. The standard InChI is InChI=1S/C23H23N5O3/c1-29-17-7-3-15(4-8-17)12-28-13-20-19(24-14-25-20)11-21(28)23-26-22(27-31-23)16-5-9-18(30-2)10-6-16/h3-10,14,21H,11-13H2,1-2H3,(H,24,25)/t21-/m0/s1. The van der Waals surface area contributed by atoms with Crippen LogP contribution in [-0.2, 0) is 19.5 Å². The van der Waals surface area contributed by atoms with Crippen LogP contribution >= 0.6 is 0 Å². The van der Waals surface area contributed by atoms with Crippen LogP contribution in [0, 0.1) is 0 Å². The van der Waals surface area contributed by atoms with Gasteiger partial charge in [-0.25, -0.2) is 4.98 Å². The Morgan fingerprint density at radius 3 is 2.45 bits per heavy atom. The fourth-order valence-electron chi connectivity index (χ4n) is 3.89. The van der Waals surface area contributed by atoms with Gasteiger partial charge in [0.1, 0.15) is 11.5 Å². The molecule has 8 nitrogen and oxygen atoms in total. The maximum atomic E-state index is 5.72. The number of fused-ring (bicyclic) bond motifs is 1. The molecule has 0 amide bonds. The molecule has 1 aliphatic heterocycles. The lowest BCUT2D eigenvalue weighted by molar-refractivity contribution is 0.128. The van der Waals surface area contributed by atoms with Gasteiger partial charge in [0.25, 0.3) is 0 Å². The highest BCUT2D eigenvalue weighted by molar-refractivity contribution is 5.55. The van der Waals surface area contributed by atoms with E-state index in [1.165, 1.54) is 5.56 Å². The molecule has 5 rings (SSSR count). The number of hydrogen-bond acceptors (Lipinski definition) is 7. The lowest BCUT2D eigenvalue weighted by Gasteiger charge is -2.32. The lowest BCUT2D eigenvalue weighted by atomic mass is 10.0. The number of H-pyrrole nitrogens is 1. The van der Waals surface area contributed by atoms with E-state index in [0.717, 1.165) is 41.5 Å². The molecule has 2 aromatic heterocycles. The van der Waals surface area contributed by atoms with Gasteiger partial charge in [-0.2, -0.15) is 4.98 Å². The number of methoxy groups -OCH3 is 2. The zero-order valence-corrected chi connectivity index (χ0v) is 17.4. The highest BCUT2D eigenvalue weighted by atomic mass is 16.5. The van der Waals surface area contributed by atoms with Crippen molar-refractivity contribution in [1.29, 1.82) is 0 Å². The molecule has 8 heteroatoms. The van der Waals surface area contributed by atoms with Crippen molar-refractivity contribution < 1.29 is 14.0 Å². The van der Waals surface area contributed by atoms with Crippen molar-refractivity contribution in [2.75, 3.05) is 14.2 Å². The van der Waals surface area contributed by atoms with Crippen molar-refractivity contribution in [2.45, 2.75) is 25.6 Å². The summed E-state index contributed by atoms with van der Waals surface area (Å²) < 4.78 is 16.2. The summed E-state index contributed by atoms with van der Waals surface area (Å²) in [4.78, 5) is 14.8. The van der Waals surface area contributed by atoms with Crippen LogP contribution < -0.4 is 9.47 Å². The van der Waals surface area contributed by atoms with Gasteiger partial charge in [-0.05, 0) is 42.0 Å². The van der Waals surface area contributed by atoms with Crippen LogP contribution in [0.3, 0.4) is 0 Å². The van der Waals surface area contributed by atoms with Gasteiger partial charge in [0.15, 0.2) is 0 Å². The van der Waals surface area contributed by atoms with Gasteiger partial charge in [-0.15, -0.1) is 0 Å². The molecule has 0 fully saturated rings. The van der Waals surface area contributed by atoms with Gasteiger partial charge in [-0.3, -0.25) is 4.90 Å². The molecule has 158 valence electrons. The number of nitrogens with zero attached hydrogens (tertiary/aromatic N) is 4. The Morgan fingerprint density at radius 2 is 1.74 bits per heavy atom. The zero-order valence-electron chi connectivity index (χ0n) is 17.4. The second-order valence-electron chi connectivity index (χ2n) is 7.49. The molecule has 2 aromatic carbocycles. The molecule has 0 radical (unpaired) electrons. The fourth-order valence-corrected chi connectivity index (χ4v) is 3.89. The van der Waals surface area contributed by atoms with Crippen LogP contribution in [0.25, 0.3) is 11.4 Å². The van der Waals surface area contributed by atoms with Crippen molar-refractivity contribution in [1.82, 2.24) is 25.0 Å². The van der Waals surface area contributed by atoms with E-state index >= 15 is 0 Å². The van der Waals surface area contributed by atoms with E-state index in [4.69, 9.17) is 19.0 Å². The van der Waals surface area contributed by atoms with Crippen molar-refractivity contribution in [3.63, 3.8) is 0 Å². The summed E-state index contributed by atoms with van der Waals surface area (Å²) in [6.45, 7) is 1.47. The van der Waals surface area contributed by atoms with Crippen LogP contribution in [0.2, 0.25) is 0 Å². The highest BCUT2D eigenvalue weighted by Crippen LogP contribution is 2.33. The fraction of sp³-hybridized carbons (Fsp3) is 0.261. The third-order valence-corrected chi connectivity index (χ3v) is 5.62. The second kappa shape index (κ2) is 8.23. The Hall–Kier alpha value is -3.65. The number of aromatic nitrogens is 4. The molecule has 0 saturated heterocycles. The molecular weight excluding hydrogens is 394 g/mol. The molecule has 0 spiro atoms. The second-order valence-corrected chi connectivity index (χ2v) is 7.49. The largest absolute Gasteiger partial charge is 0.497 e. The summed E-state index contributed by atoms with van der Waals surface area (Å²) in [6.07, 6.45) is 2.45. The van der Waals surface area contributed by atoms with Gasteiger partial charge in [-0.1, -0.05) is 17.3 Å². The summed E-state index contributed by atoms with van der Waals surface area (Å²) in [5.74, 6) is 2.79. The van der Waals surface area contributed by atoms with Crippen LogP contribution in [0.5, 0.6) is 11.5 Å². The average Bonchev–Trinajstić information content (AvgIpc) is 3.48. The van der Waals surface area contributed by atoms with Crippen LogP contribution in [0.1, 0.15) is 28.9 Å². The number of rotatable bonds is 6. The van der Waals surface area contributed by atoms with Gasteiger partial charge in [0, 0.05) is 25.1 Å². The average molecular weight is 417 g/mol. The van der Waals surface area contributed by atoms with Gasteiger partial charge in [0.2, 0.25) is 11.7 Å². The molecule has 1 aliphatic rings. The van der Waals surface area contributed by atoms with E-state index in [2.05, 4.69) is 32.2 Å². The number of imidazole rings is 1. The van der Waals surface area contributed by atoms with E-state index < -0.39 is 0 Å².